The van der Waals surface area contributed by atoms with Crippen LogP contribution in [0.25, 0.3) is 0 Å². The van der Waals surface area contributed by atoms with Gasteiger partial charge in [0.1, 0.15) is 6.04 Å². The second-order valence-corrected chi connectivity index (χ2v) is 7.08. The highest BCUT2D eigenvalue weighted by molar-refractivity contribution is 5.96. The maximum Gasteiger partial charge on any atom is 0.246 e. The van der Waals surface area contributed by atoms with Crippen molar-refractivity contribution in [2.45, 2.75) is 32.4 Å². The minimum Gasteiger partial charge on any atom is -0.493 e. The summed E-state index contributed by atoms with van der Waals surface area (Å²) in [6.07, 6.45) is 2.57. The maximum atomic E-state index is 12.5. The molecule has 1 saturated carbocycles. The smallest absolute Gasteiger partial charge is 0.246 e. The molecule has 0 saturated heterocycles. The zero-order valence-corrected chi connectivity index (χ0v) is 16.7. The third-order valence-corrected chi connectivity index (χ3v) is 4.67. The van der Waals surface area contributed by atoms with Crippen LogP contribution in [-0.2, 0) is 16.1 Å². The van der Waals surface area contributed by atoms with Crippen LogP contribution in [0.5, 0.6) is 11.5 Å². The largest absolute Gasteiger partial charge is 0.493 e. The molecule has 0 bridgehead atoms. The van der Waals surface area contributed by atoms with Crippen LogP contribution in [0.1, 0.15) is 25.3 Å². The number of carbonyl (C=O) groups is 1. The van der Waals surface area contributed by atoms with E-state index in [1.54, 1.807) is 32.4 Å². The van der Waals surface area contributed by atoms with E-state index < -0.39 is 6.04 Å². The predicted molar refractivity (Wildman–Crippen MR) is 110 cm³/mol. The lowest BCUT2D eigenvalue weighted by Crippen LogP contribution is -2.31. The van der Waals surface area contributed by atoms with Crippen LogP contribution in [-0.4, -0.2) is 32.8 Å². The average Bonchev–Trinajstić information content (AvgIpc) is 3.52. The summed E-state index contributed by atoms with van der Waals surface area (Å²) in [6, 6.07) is 12.8. The van der Waals surface area contributed by atoms with Crippen molar-refractivity contribution in [2.75, 3.05) is 31.5 Å². The second kappa shape index (κ2) is 9.46. The molecule has 0 heterocycles. The summed E-state index contributed by atoms with van der Waals surface area (Å²) in [5.74, 6) is 1.80. The van der Waals surface area contributed by atoms with Crippen LogP contribution in [0, 0.1) is 5.92 Å². The van der Waals surface area contributed by atoms with Gasteiger partial charge in [0.05, 0.1) is 20.8 Å². The van der Waals surface area contributed by atoms with E-state index in [2.05, 4.69) is 10.6 Å². The summed E-state index contributed by atoms with van der Waals surface area (Å²) in [6.45, 7) is 3.26. The molecule has 0 spiro atoms. The molecular weight excluding hydrogens is 356 g/mol. The molecule has 1 aliphatic carbocycles. The lowest BCUT2D eigenvalue weighted by molar-refractivity contribution is -0.116. The Hall–Kier alpha value is -2.73. The highest BCUT2D eigenvalue weighted by Gasteiger charge is 2.21. The van der Waals surface area contributed by atoms with Gasteiger partial charge in [-0.2, -0.15) is 0 Å². The predicted octanol–water partition coefficient (Wildman–Crippen LogP) is 4.07. The van der Waals surface area contributed by atoms with Crippen LogP contribution in [0.4, 0.5) is 11.4 Å². The molecule has 2 N–H and O–H groups in total. The first-order chi connectivity index (χ1) is 13.6. The van der Waals surface area contributed by atoms with Crippen molar-refractivity contribution < 1.29 is 19.0 Å². The van der Waals surface area contributed by atoms with Gasteiger partial charge in [-0.05, 0) is 55.5 Å². The number of benzene rings is 2. The number of rotatable bonds is 10. The van der Waals surface area contributed by atoms with Crippen LogP contribution >= 0.6 is 0 Å². The third-order valence-electron chi connectivity index (χ3n) is 4.67. The molecule has 6 nitrogen and oxygen atoms in total. The Balaban J connectivity index is 1.54. The summed E-state index contributed by atoms with van der Waals surface area (Å²) in [4.78, 5) is 12.5. The summed E-state index contributed by atoms with van der Waals surface area (Å²) in [5.41, 5.74) is 2.64. The van der Waals surface area contributed by atoms with E-state index >= 15 is 0 Å². The molecule has 3 rings (SSSR count). The molecule has 28 heavy (non-hydrogen) atoms. The van der Waals surface area contributed by atoms with Crippen LogP contribution in [0.15, 0.2) is 42.5 Å². The molecule has 0 aromatic heterocycles. The van der Waals surface area contributed by atoms with Crippen molar-refractivity contribution in [3.63, 3.8) is 0 Å². The van der Waals surface area contributed by atoms with Gasteiger partial charge in [0.2, 0.25) is 5.91 Å². The fourth-order valence-corrected chi connectivity index (χ4v) is 2.86. The van der Waals surface area contributed by atoms with Crippen molar-refractivity contribution in [2.24, 2.45) is 5.92 Å². The van der Waals surface area contributed by atoms with Crippen LogP contribution in [0.2, 0.25) is 0 Å². The van der Waals surface area contributed by atoms with E-state index in [1.165, 1.54) is 12.8 Å². The monoisotopic (exact) mass is 384 g/mol. The lowest BCUT2D eigenvalue weighted by atomic mass is 10.2. The fourth-order valence-electron chi connectivity index (χ4n) is 2.86. The molecule has 150 valence electrons. The van der Waals surface area contributed by atoms with Crippen LogP contribution < -0.4 is 20.1 Å². The lowest BCUT2D eigenvalue weighted by Gasteiger charge is -2.17. The van der Waals surface area contributed by atoms with Gasteiger partial charge in [0.15, 0.2) is 11.5 Å². The van der Waals surface area contributed by atoms with E-state index in [-0.39, 0.29) is 5.91 Å². The molecule has 1 unspecified atom stereocenters. The van der Waals surface area contributed by atoms with Crippen molar-refractivity contribution in [3.05, 3.63) is 48.0 Å². The van der Waals surface area contributed by atoms with E-state index in [0.717, 1.165) is 23.8 Å². The van der Waals surface area contributed by atoms with Crippen LogP contribution in [0.3, 0.4) is 0 Å². The fraction of sp³-hybridized carbons (Fsp3) is 0.409. The van der Waals surface area contributed by atoms with Crippen molar-refractivity contribution in [1.29, 1.82) is 0 Å². The summed E-state index contributed by atoms with van der Waals surface area (Å²) in [5, 5.41) is 6.14. The molecule has 0 aliphatic heterocycles. The Morgan fingerprint density at radius 1 is 1.07 bits per heavy atom. The van der Waals surface area contributed by atoms with Gasteiger partial charge >= 0.3 is 0 Å². The first kappa shape index (κ1) is 20.0. The Morgan fingerprint density at radius 3 is 2.57 bits per heavy atom. The summed E-state index contributed by atoms with van der Waals surface area (Å²) < 4.78 is 16.2. The van der Waals surface area contributed by atoms with Crippen molar-refractivity contribution in [3.8, 4) is 11.5 Å². The molecule has 1 aliphatic rings. The van der Waals surface area contributed by atoms with E-state index in [4.69, 9.17) is 14.2 Å². The summed E-state index contributed by atoms with van der Waals surface area (Å²) >= 11 is 0. The molecule has 1 fully saturated rings. The zero-order valence-electron chi connectivity index (χ0n) is 16.7. The Morgan fingerprint density at radius 2 is 1.86 bits per heavy atom. The quantitative estimate of drug-likeness (QED) is 0.646. The number of hydrogen-bond acceptors (Lipinski definition) is 5. The zero-order chi connectivity index (χ0) is 19.9. The third kappa shape index (κ3) is 5.63. The average molecular weight is 384 g/mol. The Labute approximate surface area is 166 Å². The number of amides is 1. The molecular formula is C22H28N2O4. The highest BCUT2D eigenvalue weighted by Crippen LogP contribution is 2.30. The SMILES string of the molecule is COc1ccc(NC(=O)C(C)Nc2cccc(COCC3CC3)c2)cc1OC. The Bertz CT molecular complexity index is 805. The van der Waals surface area contributed by atoms with Gasteiger partial charge < -0.3 is 24.8 Å². The highest BCUT2D eigenvalue weighted by atomic mass is 16.5. The molecule has 2 aromatic rings. The first-order valence-corrected chi connectivity index (χ1v) is 9.55. The van der Waals surface area contributed by atoms with Gasteiger partial charge in [-0.3, -0.25) is 4.79 Å². The number of anilines is 2. The standard InChI is InChI=1S/C22H28N2O4/c1-15(22(25)24-19-9-10-20(26-2)21(12-19)27-3)23-18-6-4-5-17(11-18)14-28-13-16-7-8-16/h4-6,9-12,15-16,23H,7-8,13-14H2,1-3H3,(H,24,25). The molecule has 1 atom stereocenters. The molecule has 6 heteroatoms. The second-order valence-electron chi connectivity index (χ2n) is 7.08. The van der Waals surface area contributed by atoms with Gasteiger partial charge in [-0.25, -0.2) is 0 Å². The first-order valence-electron chi connectivity index (χ1n) is 9.55. The number of nitrogens with one attached hydrogen (secondary N) is 2. The Kier molecular flexibility index (Phi) is 6.76. The van der Waals surface area contributed by atoms with E-state index in [0.29, 0.717) is 23.8 Å². The topological polar surface area (TPSA) is 68.8 Å². The van der Waals surface area contributed by atoms with Gasteiger partial charge in [-0.15, -0.1) is 0 Å². The summed E-state index contributed by atoms with van der Waals surface area (Å²) in [7, 11) is 3.14. The minimum atomic E-state index is -0.407. The number of hydrogen-bond donors (Lipinski definition) is 2. The molecule has 2 aromatic carbocycles. The molecule has 0 radical (unpaired) electrons. The maximum absolute atomic E-state index is 12.5. The van der Waals surface area contributed by atoms with Crippen molar-refractivity contribution in [1.82, 2.24) is 0 Å². The minimum absolute atomic E-state index is 0.136. The van der Waals surface area contributed by atoms with Crippen molar-refractivity contribution >= 4 is 17.3 Å². The number of carbonyl (C=O) groups excluding carboxylic acids is 1. The van der Waals surface area contributed by atoms with Gasteiger partial charge in [0.25, 0.3) is 0 Å². The van der Waals surface area contributed by atoms with Gasteiger partial charge in [-0.1, -0.05) is 12.1 Å². The van der Waals surface area contributed by atoms with E-state index in [9.17, 15) is 4.79 Å². The van der Waals surface area contributed by atoms with E-state index in [1.807, 2.05) is 31.2 Å². The number of methoxy groups -OCH3 is 2. The normalized spacial score (nSPS) is 14.2. The number of ether oxygens (including phenoxy) is 3. The van der Waals surface area contributed by atoms with Gasteiger partial charge in [0, 0.05) is 24.0 Å². The molecule has 1 amide bonds.